The standard InChI is InChI=1S/C29H23FN2O3/c30-20-8-5-9-21(15-20)32-26(23-16-31-24-11-4-3-10-22(23)24)25(28(34)29(32)35)27(33)19-13-12-17-6-1-2-7-18(17)14-19/h3-5,8-16,26,31,33H,1-2,6-7H2/b27-25+. The zero-order chi connectivity index (χ0) is 24.1. The van der Waals surface area contributed by atoms with E-state index in [2.05, 4.69) is 4.98 Å². The van der Waals surface area contributed by atoms with Crippen LogP contribution in [0.1, 0.15) is 41.1 Å². The van der Waals surface area contributed by atoms with Gasteiger partial charge in [0.2, 0.25) is 0 Å². The van der Waals surface area contributed by atoms with Crippen molar-refractivity contribution in [1.29, 1.82) is 0 Å². The molecule has 2 aliphatic rings. The van der Waals surface area contributed by atoms with Crippen molar-refractivity contribution in [3.8, 4) is 0 Å². The Labute approximate surface area is 201 Å². The van der Waals surface area contributed by atoms with Crippen molar-refractivity contribution in [2.24, 2.45) is 0 Å². The average molecular weight is 467 g/mol. The lowest BCUT2D eigenvalue weighted by molar-refractivity contribution is -0.132. The largest absolute Gasteiger partial charge is 0.507 e. The fourth-order valence-corrected chi connectivity index (χ4v) is 5.38. The lowest BCUT2D eigenvalue weighted by Crippen LogP contribution is -2.29. The van der Waals surface area contributed by atoms with Crippen LogP contribution in [0.5, 0.6) is 0 Å². The summed E-state index contributed by atoms with van der Waals surface area (Å²) in [6.45, 7) is 0. The minimum atomic E-state index is -0.913. The molecule has 174 valence electrons. The molecular formula is C29H23FN2O3. The minimum Gasteiger partial charge on any atom is -0.507 e. The maximum absolute atomic E-state index is 14.2. The highest BCUT2D eigenvalue weighted by molar-refractivity contribution is 6.51. The summed E-state index contributed by atoms with van der Waals surface area (Å²) in [6, 6.07) is 18.0. The first kappa shape index (κ1) is 21.4. The molecule has 0 bridgehead atoms. The molecule has 4 aromatic rings. The lowest BCUT2D eigenvalue weighted by atomic mass is 9.88. The van der Waals surface area contributed by atoms with Gasteiger partial charge in [-0.25, -0.2) is 4.39 Å². The van der Waals surface area contributed by atoms with Gasteiger partial charge < -0.3 is 10.1 Å². The van der Waals surface area contributed by atoms with Crippen LogP contribution in [-0.2, 0) is 22.4 Å². The number of para-hydroxylation sites is 1. The highest BCUT2D eigenvalue weighted by Crippen LogP contribution is 2.44. The molecule has 5 nitrogen and oxygen atoms in total. The van der Waals surface area contributed by atoms with Gasteiger partial charge in [-0.2, -0.15) is 0 Å². The number of aryl methyl sites for hydroxylation is 2. The Bertz CT molecular complexity index is 1530. The molecule has 1 unspecified atom stereocenters. The molecule has 6 heteroatoms. The monoisotopic (exact) mass is 466 g/mol. The molecule has 1 amide bonds. The number of benzene rings is 3. The zero-order valence-corrected chi connectivity index (χ0v) is 18.9. The van der Waals surface area contributed by atoms with Crippen molar-refractivity contribution in [2.45, 2.75) is 31.7 Å². The number of ketones is 1. The normalized spacial score (nSPS) is 19.3. The number of carbonyl (C=O) groups is 2. The van der Waals surface area contributed by atoms with E-state index >= 15 is 0 Å². The van der Waals surface area contributed by atoms with Gasteiger partial charge in [-0.15, -0.1) is 0 Å². The number of aliphatic hydroxyl groups excluding tert-OH is 1. The summed E-state index contributed by atoms with van der Waals surface area (Å²) in [5, 5.41) is 12.3. The molecule has 1 saturated heterocycles. The van der Waals surface area contributed by atoms with Gasteiger partial charge in [0.1, 0.15) is 11.6 Å². The molecule has 2 heterocycles. The number of nitrogens with zero attached hydrogens (tertiary/aromatic N) is 1. The van der Waals surface area contributed by atoms with E-state index in [1.807, 2.05) is 36.4 Å². The summed E-state index contributed by atoms with van der Waals surface area (Å²) in [5.41, 5.74) is 4.66. The highest BCUT2D eigenvalue weighted by Gasteiger charge is 2.47. The van der Waals surface area contributed by atoms with E-state index in [0.29, 0.717) is 11.1 Å². The van der Waals surface area contributed by atoms with Gasteiger partial charge in [0, 0.05) is 33.9 Å². The number of Topliss-reactive ketones (excluding diaryl/α,β-unsaturated/α-hetero) is 1. The Kier molecular flexibility index (Phi) is 5.02. The van der Waals surface area contributed by atoms with Gasteiger partial charge >= 0.3 is 0 Å². The van der Waals surface area contributed by atoms with Gasteiger partial charge in [-0.3, -0.25) is 14.5 Å². The maximum atomic E-state index is 14.2. The molecule has 3 aromatic carbocycles. The molecule has 6 rings (SSSR count). The van der Waals surface area contributed by atoms with Crippen LogP contribution in [0, 0.1) is 5.82 Å². The quantitative estimate of drug-likeness (QED) is 0.227. The number of hydrogen-bond donors (Lipinski definition) is 2. The number of halogens is 1. The third-order valence-electron chi connectivity index (χ3n) is 7.07. The predicted octanol–water partition coefficient (Wildman–Crippen LogP) is 5.81. The number of aliphatic hydroxyl groups is 1. The molecule has 1 aliphatic carbocycles. The SMILES string of the molecule is O=C1C(=O)N(c2cccc(F)c2)C(c2c[nH]c3ccccc23)/C1=C(\O)c1ccc2c(c1)CCCC2. The van der Waals surface area contributed by atoms with Gasteiger partial charge in [-0.05, 0) is 67.1 Å². The number of H-pyrrole nitrogens is 1. The van der Waals surface area contributed by atoms with Crippen molar-refractivity contribution < 1.29 is 19.1 Å². The second kappa shape index (κ2) is 8.24. The first-order chi connectivity index (χ1) is 17.0. The highest BCUT2D eigenvalue weighted by atomic mass is 19.1. The van der Waals surface area contributed by atoms with Crippen LogP contribution in [0.3, 0.4) is 0 Å². The summed E-state index contributed by atoms with van der Waals surface area (Å²) in [4.78, 5) is 31.2. The van der Waals surface area contributed by atoms with Crippen molar-refractivity contribution >= 4 is 34.0 Å². The number of amides is 1. The van der Waals surface area contributed by atoms with E-state index in [-0.39, 0.29) is 17.0 Å². The summed E-state index contributed by atoms with van der Waals surface area (Å²) >= 11 is 0. The van der Waals surface area contributed by atoms with E-state index in [1.54, 1.807) is 18.3 Å². The topological polar surface area (TPSA) is 73.4 Å². The van der Waals surface area contributed by atoms with E-state index < -0.39 is 23.5 Å². The van der Waals surface area contributed by atoms with Gasteiger partial charge in [-0.1, -0.05) is 36.4 Å². The van der Waals surface area contributed by atoms with E-state index in [0.717, 1.165) is 42.1 Å². The molecule has 0 saturated carbocycles. The molecule has 0 radical (unpaired) electrons. The second-order valence-electron chi connectivity index (χ2n) is 9.13. The molecule has 1 aliphatic heterocycles. The Hall–Kier alpha value is -4.19. The predicted molar refractivity (Wildman–Crippen MR) is 133 cm³/mol. The summed E-state index contributed by atoms with van der Waals surface area (Å²) < 4.78 is 14.2. The van der Waals surface area contributed by atoms with Crippen LogP contribution in [0.2, 0.25) is 0 Å². The Morgan fingerprint density at radius 3 is 2.57 bits per heavy atom. The van der Waals surface area contributed by atoms with Gasteiger partial charge in [0.15, 0.2) is 0 Å². The Morgan fingerprint density at radius 1 is 0.943 bits per heavy atom. The number of hydrogen-bond acceptors (Lipinski definition) is 3. The third-order valence-corrected chi connectivity index (χ3v) is 7.07. The summed E-state index contributed by atoms with van der Waals surface area (Å²) in [5.74, 6) is -2.33. The third kappa shape index (κ3) is 3.44. The fourth-order valence-electron chi connectivity index (χ4n) is 5.38. The van der Waals surface area contributed by atoms with E-state index in [9.17, 15) is 19.1 Å². The van der Waals surface area contributed by atoms with Crippen molar-refractivity contribution in [3.63, 3.8) is 0 Å². The Morgan fingerprint density at radius 2 is 1.74 bits per heavy atom. The molecule has 1 atom stereocenters. The zero-order valence-electron chi connectivity index (χ0n) is 18.9. The van der Waals surface area contributed by atoms with E-state index in [1.165, 1.54) is 28.7 Å². The first-order valence-electron chi connectivity index (χ1n) is 11.8. The number of aromatic nitrogens is 1. The van der Waals surface area contributed by atoms with Crippen LogP contribution >= 0.6 is 0 Å². The molecule has 35 heavy (non-hydrogen) atoms. The minimum absolute atomic E-state index is 0.000210. The lowest BCUT2D eigenvalue weighted by Gasteiger charge is -2.25. The Balaban J connectivity index is 1.58. The molecule has 1 fully saturated rings. The maximum Gasteiger partial charge on any atom is 0.300 e. The van der Waals surface area contributed by atoms with Gasteiger partial charge in [0.05, 0.1) is 11.6 Å². The molecular weight excluding hydrogens is 443 g/mol. The number of anilines is 1. The van der Waals surface area contributed by atoms with Crippen LogP contribution < -0.4 is 4.90 Å². The second-order valence-corrected chi connectivity index (χ2v) is 9.13. The van der Waals surface area contributed by atoms with Gasteiger partial charge in [0.25, 0.3) is 11.7 Å². The van der Waals surface area contributed by atoms with Crippen LogP contribution in [-0.4, -0.2) is 21.8 Å². The summed E-state index contributed by atoms with van der Waals surface area (Å²) in [7, 11) is 0. The average Bonchev–Trinajstić information content (AvgIpc) is 3.41. The van der Waals surface area contributed by atoms with Crippen molar-refractivity contribution in [2.75, 3.05) is 4.90 Å². The molecule has 2 N–H and O–H groups in total. The fraction of sp³-hybridized carbons (Fsp3) is 0.172. The number of fused-ring (bicyclic) bond motifs is 2. The number of rotatable bonds is 3. The summed E-state index contributed by atoms with van der Waals surface area (Å²) in [6.07, 6.45) is 5.87. The van der Waals surface area contributed by atoms with Crippen molar-refractivity contribution in [3.05, 3.63) is 107 Å². The van der Waals surface area contributed by atoms with Crippen LogP contribution in [0.15, 0.2) is 78.5 Å². The number of carbonyl (C=O) groups excluding carboxylic acids is 2. The first-order valence-corrected chi connectivity index (χ1v) is 11.8. The molecule has 1 aromatic heterocycles. The van der Waals surface area contributed by atoms with E-state index in [4.69, 9.17) is 0 Å². The van der Waals surface area contributed by atoms with Crippen LogP contribution in [0.25, 0.3) is 16.7 Å². The van der Waals surface area contributed by atoms with Crippen LogP contribution in [0.4, 0.5) is 10.1 Å². The smallest absolute Gasteiger partial charge is 0.300 e. The molecule has 0 spiro atoms. The van der Waals surface area contributed by atoms with Crippen molar-refractivity contribution in [1.82, 2.24) is 4.98 Å². The number of nitrogens with one attached hydrogen (secondary N) is 1. The number of aromatic amines is 1.